The number of anilines is 1. The number of para-hydroxylation sites is 1. The van der Waals surface area contributed by atoms with Crippen molar-refractivity contribution in [3.05, 3.63) is 59.9 Å². The van der Waals surface area contributed by atoms with E-state index in [1.54, 1.807) is 13.0 Å². The summed E-state index contributed by atoms with van der Waals surface area (Å²) in [4.78, 5) is 28.3. The van der Waals surface area contributed by atoms with Crippen LogP contribution in [-0.4, -0.2) is 22.8 Å². The van der Waals surface area contributed by atoms with Gasteiger partial charge in [0.25, 0.3) is 5.91 Å². The molecule has 1 atom stereocenters. The molecule has 8 heteroatoms. The molecule has 3 rings (SSSR count). The zero-order valence-electron chi connectivity index (χ0n) is 14.0. The molecule has 0 aliphatic rings. The number of carbonyl (C=O) groups is 2. The fourth-order valence-electron chi connectivity index (χ4n) is 2.30. The van der Waals surface area contributed by atoms with Crippen LogP contribution in [0.3, 0.4) is 0 Å². The second kappa shape index (κ2) is 7.92. The van der Waals surface area contributed by atoms with Gasteiger partial charge in [-0.2, -0.15) is 0 Å². The van der Waals surface area contributed by atoms with Gasteiger partial charge >= 0.3 is 0 Å². The first-order valence-corrected chi connectivity index (χ1v) is 8.78. The highest BCUT2D eigenvalue weighted by Crippen LogP contribution is 2.25. The predicted octanol–water partition coefficient (Wildman–Crippen LogP) is 2.63. The first kappa shape index (κ1) is 17.8. The summed E-state index contributed by atoms with van der Waals surface area (Å²) < 4.78 is 14.1. The first-order valence-electron chi connectivity index (χ1n) is 7.96. The van der Waals surface area contributed by atoms with Gasteiger partial charge in [-0.15, -0.1) is 0 Å². The summed E-state index contributed by atoms with van der Waals surface area (Å²) in [6.07, 6.45) is -0.0300. The number of aromatic nitrogens is 1. The van der Waals surface area contributed by atoms with Crippen molar-refractivity contribution in [3.63, 3.8) is 0 Å². The Kier molecular flexibility index (Phi) is 5.43. The van der Waals surface area contributed by atoms with E-state index in [9.17, 15) is 14.0 Å². The number of nitrogens with zero attached hydrogens (tertiary/aromatic N) is 1. The number of hydrazine groups is 1. The van der Waals surface area contributed by atoms with Gasteiger partial charge in [0.05, 0.1) is 16.6 Å². The minimum atomic E-state index is -0.593. The van der Waals surface area contributed by atoms with Crippen molar-refractivity contribution in [1.82, 2.24) is 15.8 Å². The van der Waals surface area contributed by atoms with E-state index >= 15 is 0 Å². The van der Waals surface area contributed by atoms with Gasteiger partial charge in [-0.05, 0) is 36.8 Å². The Hall–Kier alpha value is -3.00. The van der Waals surface area contributed by atoms with Crippen LogP contribution in [0.25, 0.3) is 10.2 Å². The molecule has 2 aromatic carbocycles. The van der Waals surface area contributed by atoms with Crippen molar-refractivity contribution < 1.29 is 14.0 Å². The Morgan fingerprint density at radius 1 is 1.15 bits per heavy atom. The lowest BCUT2D eigenvalue weighted by molar-refractivity contribution is -0.128. The summed E-state index contributed by atoms with van der Waals surface area (Å²) in [6.45, 7) is 1.67. The third kappa shape index (κ3) is 4.54. The Morgan fingerprint density at radius 3 is 2.73 bits per heavy atom. The fourth-order valence-corrected chi connectivity index (χ4v) is 3.25. The van der Waals surface area contributed by atoms with Crippen LogP contribution in [0.2, 0.25) is 0 Å². The molecule has 0 saturated carbocycles. The first-order chi connectivity index (χ1) is 12.5. The molecule has 26 heavy (non-hydrogen) atoms. The molecule has 6 nitrogen and oxygen atoms in total. The number of nitrogens with one attached hydrogen (secondary N) is 3. The van der Waals surface area contributed by atoms with Crippen molar-refractivity contribution in [2.24, 2.45) is 0 Å². The van der Waals surface area contributed by atoms with Crippen molar-refractivity contribution in [2.45, 2.75) is 19.4 Å². The van der Waals surface area contributed by atoms with Gasteiger partial charge < -0.3 is 5.32 Å². The van der Waals surface area contributed by atoms with E-state index in [2.05, 4.69) is 21.2 Å². The molecular formula is C18H17FN4O2S. The molecule has 0 bridgehead atoms. The molecule has 0 aliphatic carbocycles. The molecule has 1 heterocycles. The lowest BCUT2D eigenvalue weighted by Gasteiger charge is -2.13. The second-order valence-corrected chi connectivity index (χ2v) is 6.73. The minimum absolute atomic E-state index is 0.0300. The van der Waals surface area contributed by atoms with Gasteiger partial charge in [0.15, 0.2) is 5.13 Å². The van der Waals surface area contributed by atoms with Crippen LogP contribution in [0.15, 0.2) is 48.5 Å². The Balaban J connectivity index is 1.50. The van der Waals surface area contributed by atoms with Crippen molar-refractivity contribution >= 4 is 38.5 Å². The monoisotopic (exact) mass is 372 g/mol. The van der Waals surface area contributed by atoms with Crippen molar-refractivity contribution in [3.8, 4) is 0 Å². The maximum Gasteiger partial charge on any atom is 0.260 e. The zero-order chi connectivity index (χ0) is 18.5. The average molecular weight is 372 g/mol. The van der Waals surface area contributed by atoms with Gasteiger partial charge in [-0.1, -0.05) is 35.6 Å². The highest BCUT2D eigenvalue weighted by atomic mass is 32.1. The van der Waals surface area contributed by atoms with Crippen LogP contribution in [0.4, 0.5) is 9.52 Å². The zero-order valence-corrected chi connectivity index (χ0v) is 14.8. The van der Waals surface area contributed by atoms with Gasteiger partial charge in [-0.3, -0.25) is 20.4 Å². The lowest BCUT2D eigenvalue weighted by atomic mass is 10.1. The molecule has 1 unspecified atom stereocenters. The van der Waals surface area contributed by atoms with Crippen LogP contribution >= 0.6 is 11.3 Å². The van der Waals surface area contributed by atoms with Crippen LogP contribution in [0, 0.1) is 5.82 Å². The number of carbonyl (C=O) groups excluding carboxylic acids is 2. The number of benzene rings is 2. The number of hydrogen-bond acceptors (Lipinski definition) is 5. The smallest absolute Gasteiger partial charge is 0.260 e. The van der Waals surface area contributed by atoms with Crippen LogP contribution in [-0.2, 0) is 16.0 Å². The van der Waals surface area contributed by atoms with Gasteiger partial charge in [-0.25, -0.2) is 9.37 Å². The summed E-state index contributed by atoms with van der Waals surface area (Å²) >= 11 is 1.45. The topological polar surface area (TPSA) is 83.1 Å². The highest BCUT2D eigenvalue weighted by Gasteiger charge is 2.15. The summed E-state index contributed by atoms with van der Waals surface area (Å²) in [7, 11) is 0. The Morgan fingerprint density at radius 2 is 1.96 bits per heavy atom. The third-order valence-electron chi connectivity index (χ3n) is 3.61. The molecular weight excluding hydrogens is 355 g/mol. The van der Waals surface area contributed by atoms with Gasteiger partial charge in [0.2, 0.25) is 5.91 Å². The highest BCUT2D eigenvalue weighted by molar-refractivity contribution is 7.22. The molecule has 0 aliphatic heterocycles. The SMILES string of the molecule is CC(Nc1nc2ccccc2s1)C(=O)NNC(=O)Cc1cccc(F)c1. The average Bonchev–Trinajstić information content (AvgIpc) is 3.01. The van der Waals surface area contributed by atoms with E-state index in [-0.39, 0.29) is 6.42 Å². The van der Waals surface area contributed by atoms with E-state index in [1.807, 2.05) is 24.3 Å². The Bertz CT molecular complexity index is 911. The van der Waals surface area contributed by atoms with Crippen LogP contribution in [0.1, 0.15) is 12.5 Å². The van der Waals surface area contributed by atoms with E-state index in [1.165, 1.54) is 29.5 Å². The summed E-state index contributed by atoms with van der Waals surface area (Å²) in [6, 6.07) is 12.8. The van der Waals surface area contributed by atoms with Crippen LogP contribution in [0.5, 0.6) is 0 Å². The van der Waals surface area contributed by atoms with Crippen molar-refractivity contribution in [1.29, 1.82) is 0 Å². The number of rotatable bonds is 5. The molecule has 2 amide bonds. The van der Waals surface area contributed by atoms with E-state index in [0.29, 0.717) is 10.7 Å². The molecule has 3 aromatic rings. The summed E-state index contributed by atoms with van der Waals surface area (Å²) in [5.74, 6) is -1.25. The lowest BCUT2D eigenvalue weighted by Crippen LogP contribution is -2.48. The van der Waals surface area contributed by atoms with Gasteiger partial charge in [0.1, 0.15) is 11.9 Å². The predicted molar refractivity (Wildman–Crippen MR) is 99.1 cm³/mol. The summed E-state index contributed by atoms with van der Waals surface area (Å²) in [5, 5.41) is 3.63. The van der Waals surface area contributed by atoms with Crippen LogP contribution < -0.4 is 16.2 Å². The third-order valence-corrected chi connectivity index (χ3v) is 4.57. The van der Waals surface area contributed by atoms with E-state index in [0.717, 1.165) is 10.2 Å². The quantitative estimate of drug-likeness (QED) is 0.601. The Labute approximate surface area is 153 Å². The number of fused-ring (bicyclic) bond motifs is 1. The molecule has 3 N–H and O–H groups in total. The molecule has 0 spiro atoms. The standard InChI is InChI=1S/C18H17FN4O2S/c1-11(20-18-21-14-7-2-3-8-15(14)26-18)17(25)23-22-16(24)10-12-5-4-6-13(19)9-12/h2-9,11H,10H2,1H3,(H,20,21)(H,22,24)(H,23,25). The molecule has 0 fully saturated rings. The largest absolute Gasteiger partial charge is 0.350 e. The molecule has 0 radical (unpaired) electrons. The molecule has 0 saturated heterocycles. The van der Waals surface area contributed by atoms with Gasteiger partial charge in [0, 0.05) is 0 Å². The molecule has 134 valence electrons. The fraction of sp³-hybridized carbons (Fsp3) is 0.167. The van der Waals surface area contributed by atoms with Crippen molar-refractivity contribution in [2.75, 3.05) is 5.32 Å². The number of amides is 2. The normalized spacial score (nSPS) is 11.8. The maximum atomic E-state index is 13.1. The van der Waals surface area contributed by atoms with E-state index < -0.39 is 23.7 Å². The number of thiazole rings is 1. The van der Waals surface area contributed by atoms with E-state index in [4.69, 9.17) is 0 Å². The number of hydrogen-bond donors (Lipinski definition) is 3. The molecule has 1 aromatic heterocycles. The summed E-state index contributed by atoms with van der Waals surface area (Å²) in [5.41, 5.74) is 6.06. The second-order valence-electron chi connectivity index (χ2n) is 5.70. The number of halogens is 1. The maximum absolute atomic E-state index is 13.1. The minimum Gasteiger partial charge on any atom is -0.350 e.